The van der Waals surface area contributed by atoms with E-state index >= 15 is 0 Å². The van der Waals surface area contributed by atoms with Crippen LogP contribution in [0.25, 0.3) is 39.1 Å². The summed E-state index contributed by atoms with van der Waals surface area (Å²) in [7, 11) is 0. The maximum absolute atomic E-state index is 4.70. The van der Waals surface area contributed by atoms with Crippen LogP contribution in [0.1, 0.15) is 72.5 Å². The van der Waals surface area contributed by atoms with Gasteiger partial charge in [-0.05, 0) is 87.1 Å². The number of allylic oxidation sites excluding steroid dienone is 8. The zero-order valence-electron chi connectivity index (χ0n) is 25.5. The lowest BCUT2D eigenvalue weighted by atomic mass is 9.87. The summed E-state index contributed by atoms with van der Waals surface area (Å²) in [5, 5.41) is 12.2. The number of aromatic amines is 2. The van der Waals surface area contributed by atoms with Gasteiger partial charge >= 0.3 is 0 Å². The van der Waals surface area contributed by atoms with Gasteiger partial charge in [-0.2, -0.15) is 5.10 Å². The lowest BCUT2D eigenvalue weighted by molar-refractivity contribution is 0.393. The van der Waals surface area contributed by atoms with Gasteiger partial charge in [0.05, 0.1) is 11.4 Å². The zero-order valence-corrected chi connectivity index (χ0v) is 26.3. The molecule has 0 amide bonds. The molecule has 5 rings (SSSR count). The number of aryl methyl sites for hydroxylation is 1. The molecule has 5 nitrogen and oxygen atoms in total. The molecule has 0 atom stereocenters. The molecule has 0 bridgehead atoms. The number of hydrogen-bond donors (Lipinski definition) is 3. The number of thiophene rings is 1. The highest BCUT2D eigenvalue weighted by atomic mass is 32.1. The van der Waals surface area contributed by atoms with Crippen LogP contribution in [0.3, 0.4) is 0 Å². The summed E-state index contributed by atoms with van der Waals surface area (Å²) in [6, 6.07) is 8.61. The van der Waals surface area contributed by atoms with Crippen molar-refractivity contribution in [1.29, 1.82) is 0 Å². The predicted molar refractivity (Wildman–Crippen MR) is 185 cm³/mol. The second-order valence-corrected chi connectivity index (χ2v) is 12.3. The Morgan fingerprint density at radius 2 is 1.86 bits per heavy atom. The Hall–Kier alpha value is -4.42. The summed E-state index contributed by atoms with van der Waals surface area (Å²) in [6.45, 7) is 22.7. The Morgan fingerprint density at radius 3 is 2.53 bits per heavy atom. The molecule has 1 saturated carbocycles. The van der Waals surface area contributed by atoms with Gasteiger partial charge in [-0.25, -0.2) is 4.98 Å². The number of nitrogens with zero attached hydrogens (tertiary/aromatic N) is 2. The van der Waals surface area contributed by atoms with Gasteiger partial charge in [0.25, 0.3) is 0 Å². The van der Waals surface area contributed by atoms with Crippen LogP contribution in [0.5, 0.6) is 0 Å². The normalized spacial score (nSPS) is 15.1. The topological polar surface area (TPSA) is 69.4 Å². The highest BCUT2D eigenvalue weighted by Crippen LogP contribution is 2.37. The van der Waals surface area contributed by atoms with Crippen LogP contribution in [0.2, 0.25) is 0 Å². The van der Waals surface area contributed by atoms with Crippen molar-refractivity contribution in [3.8, 4) is 11.4 Å². The van der Waals surface area contributed by atoms with E-state index < -0.39 is 0 Å². The van der Waals surface area contributed by atoms with Gasteiger partial charge in [-0.3, -0.25) is 5.10 Å². The molecular formula is C37H41N5S. The molecule has 3 N–H and O–H groups in total. The molecule has 0 spiro atoms. The second kappa shape index (κ2) is 13.3. The van der Waals surface area contributed by atoms with E-state index in [0.29, 0.717) is 11.6 Å². The van der Waals surface area contributed by atoms with Crippen LogP contribution in [0.4, 0.5) is 0 Å². The van der Waals surface area contributed by atoms with E-state index in [1.54, 1.807) is 11.3 Å². The molecule has 0 unspecified atom stereocenters. The van der Waals surface area contributed by atoms with Crippen LogP contribution in [0, 0.1) is 12.8 Å². The van der Waals surface area contributed by atoms with E-state index in [1.165, 1.54) is 41.9 Å². The van der Waals surface area contributed by atoms with Gasteiger partial charge in [-0.15, -0.1) is 11.3 Å². The molecule has 1 aliphatic carbocycles. The minimum atomic E-state index is 0.515. The van der Waals surface area contributed by atoms with E-state index in [9.17, 15) is 0 Å². The van der Waals surface area contributed by atoms with E-state index in [-0.39, 0.29) is 0 Å². The molecule has 1 fully saturated rings. The van der Waals surface area contributed by atoms with Crippen molar-refractivity contribution in [1.82, 2.24) is 25.5 Å². The first-order chi connectivity index (χ1) is 20.8. The molecular weight excluding hydrogens is 547 g/mol. The quantitative estimate of drug-likeness (QED) is 0.153. The summed E-state index contributed by atoms with van der Waals surface area (Å²) >= 11 is 1.74. The third-order valence-corrected chi connectivity index (χ3v) is 9.42. The molecule has 0 aliphatic heterocycles. The van der Waals surface area contributed by atoms with Crippen LogP contribution in [-0.4, -0.2) is 20.2 Å². The number of nitrogens with one attached hydrogen (secondary N) is 3. The minimum absolute atomic E-state index is 0.515. The average molecular weight is 588 g/mol. The standard InChI is InChI=1S/C37H41N5S/c1-8-14-30(35-18-17-34(43-35)23(4)5)31-21-33(40-25(31)7)36-32-20-28(22-38-37(32)42-41-36)26(9-2)19-29(10-3)39-24(6)27-15-12-11-13-16-27/h8-10,14,17-22,27,39-40H,1,3-4,6,11-13,15-16H2,2,5,7H3,(H,38,41,42)/b26-9+,29-19+,30-14+. The van der Waals surface area contributed by atoms with Gasteiger partial charge in [0.1, 0.15) is 0 Å². The first-order valence-electron chi connectivity index (χ1n) is 14.9. The number of H-pyrrole nitrogens is 2. The van der Waals surface area contributed by atoms with Crippen molar-refractivity contribution in [2.24, 2.45) is 5.92 Å². The number of hydrogen-bond acceptors (Lipinski definition) is 4. The van der Waals surface area contributed by atoms with Crippen molar-refractivity contribution in [2.75, 3.05) is 0 Å². The Balaban J connectivity index is 1.46. The maximum Gasteiger partial charge on any atom is 0.181 e. The average Bonchev–Trinajstić information content (AvgIpc) is 3.77. The van der Waals surface area contributed by atoms with E-state index in [4.69, 9.17) is 4.98 Å². The molecule has 0 radical (unpaired) electrons. The third kappa shape index (κ3) is 6.50. The van der Waals surface area contributed by atoms with Crippen LogP contribution in [0.15, 0.2) is 98.6 Å². The number of aromatic nitrogens is 4. The van der Waals surface area contributed by atoms with Crippen molar-refractivity contribution in [3.05, 3.63) is 125 Å². The summed E-state index contributed by atoms with van der Waals surface area (Å²) in [5.74, 6) is 0.515. The van der Waals surface area contributed by atoms with Gasteiger partial charge in [0, 0.05) is 55.1 Å². The molecule has 220 valence electrons. The zero-order chi connectivity index (χ0) is 30.5. The summed E-state index contributed by atoms with van der Waals surface area (Å²) in [4.78, 5) is 10.6. The Bertz CT molecular complexity index is 1780. The molecule has 1 aliphatic rings. The Kier molecular flexibility index (Phi) is 9.27. The molecule has 4 aromatic heterocycles. The van der Waals surface area contributed by atoms with Gasteiger partial charge < -0.3 is 10.3 Å². The lowest BCUT2D eigenvalue weighted by Gasteiger charge is -2.25. The first kappa shape index (κ1) is 30.1. The monoisotopic (exact) mass is 587 g/mol. The second-order valence-electron chi connectivity index (χ2n) is 11.2. The summed E-state index contributed by atoms with van der Waals surface area (Å²) in [5.41, 5.74) is 11.0. The lowest BCUT2D eigenvalue weighted by Crippen LogP contribution is -2.20. The van der Waals surface area contributed by atoms with Gasteiger partial charge in [-0.1, -0.05) is 63.8 Å². The van der Waals surface area contributed by atoms with Gasteiger partial charge in [0.2, 0.25) is 0 Å². The van der Waals surface area contributed by atoms with Crippen LogP contribution >= 0.6 is 11.3 Å². The molecule has 6 heteroatoms. The molecule has 4 aromatic rings. The SMILES string of the molecule is C=C/C=C(/c1ccc(C(=C)C)s1)c1cc(-c2[nH]nc3ncc(C(/C=C(\C=C)NC(=C)C4CCCCC4)=C/C)cc23)[nH]c1C. The maximum atomic E-state index is 4.70. The van der Waals surface area contributed by atoms with E-state index in [1.807, 2.05) is 32.2 Å². The van der Waals surface area contributed by atoms with Gasteiger partial charge in [0.15, 0.2) is 5.65 Å². The molecule has 0 saturated heterocycles. The first-order valence-corrected chi connectivity index (χ1v) is 15.7. The van der Waals surface area contributed by atoms with Crippen molar-refractivity contribution in [2.45, 2.75) is 52.9 Å². The molecule has 0 aromatic carbocycles. The highest BCUT2D eigenvalue weighted by molar-refractivity contribution is 7.14. The Labute approximate surface area is 259 Å². The van der Waals surface area contributed by atoms with Crippen LogP contribution < -0.4 is 5.32 Å². The van der Waals surface area contributed by atoms with Crippen molar-refractivity contribution < 1.29 is 0 Å². The fraction of sp³-hybridized carbons (Fsp3) is 0.243. The molecule has 4 heterocycles. The van der Waals surface area contributed by atoms with Crippen molar-refractivity contribution >= 4 is 39.1 Å². The Morgan fingerprint density at radius 1 is 1.09 bits per heavy atom. The van der Waals surface area contributed by atoms with E-state index in [0.717, 1.165) is 61.7 Å². The van der Waals surface area contributed by atoms with Crippen LogP contribution in [-0.2, 0) is 0 Å². The number of fused-ring (bicyclic) bond motifs is 1. The fourth-order valence-corrected chi connectivity index (χ4v) is 6.73. The minimum Gasteiger partial charge on any atom is -0.359 e. The smallest absolute Gasteiger partial charge is 0.181 e. The fourth-order valence-electron chi connectivity index (χ4n) is 5.76. The summed E-state index contributed by atoms with van der Waals surface area (Å²) < 4.78 is 0. The number of pyridine rings is 1. The highest BCUT2D eigenvalue weighted by Gasteiger charge is 2.19. The largest absolute Gasteiger partial charge is 0.359 e. The molecule has 43 heavy (non-hydrogen) atoms. The third-order valence-electron chi connectivity index (χ3n) is 8.14. The van der Waals surface area contributed by atoms with Crippen molar-refractivity contribution in [3.63, 3.8) is 0 Å². The number of rotatable bonds is 11. The summed E-state index contributed by atoms with van der Waals surface area (Å²) in [6.07, 6.45) is 18.1. The van der Waals surface area contributed by atoms with E-state index in [2.05, 4.69) is 96.2 Å². The predicted octanol–water partition coefficient (Wildman–Crippen LogP) is 10.1.